The van der Waals surface area contributed by atoms with E-state index in [-0.39, 0.29) is 11.7 Å². The number of furan rings is 1. The molecule has 156 valence electrons. The third-order valence-electron chi connectivity index (χ3n) is 4.81. The number of nitrogens with one attached hydrogen (secondary N) is 1. The number of nitrogens with zero attached hydrogens (tertiary/aromatic N) is 1. The molecule has 0 atom stereocenters. The molecule has 0 saturated heterocycles. The van der Waals surface area contributed by atoms with Gasteiger partial charge in [-0.3, -0.25) is 4.79 Å². The van der Waals surface area contributed by atoms with Crippen LogP contribution in [0, 0.1) is 5.82 Å². The van der Waals surface area contributed by atoms with Crippen molar-refractivity contribution in [3.05, 3.63) is 103 Å². The molecule has 1 N–H and O–H groups in total. The normalized spacial score (nSPS) is 11.3. The van der Waals surface area contributed by atoms with Gasteiger partial charge in [-0.05, 0) is 54.6 Å². The zero-order chi connectivity index (χ0) is 21.9. The molecule has 5 nitrogen and oxygen atoms in total. The summed E-state index contributed by atoms with van der Waals surface area (Å²) in [6, 6.07) is 24.6. The average Bonchev–Trinajstić information content (AvgIpc) is 3.45. The van der Waals surface area contributed by atoms with Crippen LogP contribution < -0.4 is 5.32 Å². The predicted octanol–water partition coefficient (Wildman–Crippen LogP) is 6.55. The van der Waals surface area contributed by atoms with Gasteiger partial charge >= 0.3 is 0 Å². The Labute approximate surface area is 182 Å². The summed E-state index contributed by atoms with van der Waals surface area (Å²) in [5.41, 5.74) is 3.18. The highest BCUT2D eigenvalue weighted by Gasteiger charge is 2.10. The molecule has 1 amide bonds. The lowest BCUT2D eigenvalue weighted by Gasteiger charge is -2.00. The fourth-order valence-corrected chi connectivity index (χ4v) is 3.29. The third-order valence-corrected chi connectivity index (χ3v) is 4.81. The van der Waals surface area contributed by atoms with Crippen LogP contribution in [0.25, 0.3) is 40.0 Å². The van der Waals surface area contributed by atoms with Gasteiger partial charge in [0.05, 0.1) is 0 Å². The van der Waals surface area contributed by atoms with Gasteiger partial charge in [-0.15, -0.1) is 0 Å². The summed E-state index contributed by atoms with van der Waals surface area (Å²) in [4.78, 5) is 16.7. The van der Waals surface area contributed by atoms with Crippen LogP contribution in [0.5, 0.6) is 0 Å². The van der Waals surface area contributed by atoms with E-state index >= 15 is 0 Å². The minimum atomic E-state index is -0.364. The second-order valence-corrected chi connectivity index (χ2v) is 7.10. The van der Waals surface area contributed by atoms with Crippen LogP contribution in [-0.2, 0) is 4.79 Å². The van der Waals surface area contributed by atoms with Crippen molar-refractivity contribution in [2.45, 2.75) is 0 Å². The standard InChI is InChI=1S/C26H17FN2O3/c27-19-8-4-7-18(15-19)26-29-22-16-20(9-12-24(22)32-26)28-25(30)14-11-21-10-13-23(31-21)17-5-2-1-3-6-17/h1-16H,(H,28,30)/b14-11+. The zero-order valence-electron chi connectivity index (χ0n) is 16.8. The van der Waals surface area contributed by atoms with Crippen molar-refractivity contribution in [3.8, 4) is 22.8 Å². The maximum atomic E-state index is 13.5. The maximum Gasteiger partial charge on any atom is 0.248 e. The van der Waals surface area contributed by atoms with Crippen molar-refractivity contribution in [1.29, 1.82) is 0 Å². The molecule has 32 heavy (non-hydrogen) atoms. The molecule has 2 heterocycles. The summed E-state index contributed by atoms with van der Waals surface area (Å²) in [5.74, 6) is 0.949. The number of halogens is 1. The summed E-state index contributed by atoms with van der Waals surface area (Å²) in [6.07, 6.45) is 3.01. The monoisotopic (exact) mass is 424 g/mol. The number of aromatic nitrogens is 1. The molecule has 0 radical (unpaired) electrons. The highest BCUT2D eigenvalue weighted by atomic mass is 19.1. The van der Waals surface area contributed by atoms with Crippen molar-refractivity contribution in [1.82, 2.24) is 4.98 Å². The van der Waals surface area contributed by atoms with E-state index in [9.17, 15) is 9.18 Å². The Balaban J connectivity index is 1.29. The van der Waals surface area contributed by atoms with E-state index in [1.807, 2.05) is 42.5 Å². The lowest BCUT2D eigenvalue weighted by molar-refractivity contribution is -0.111. The summed E-state index contributed by atoms with van der Waals surface area (Å²) < 4.78 is 24.9. The quantitative estimate of drug-likeness (QED) is 0.325. The number of oxazole rings is 1. The number of carbonyl (C=O) groups is 1. The third kappa shape index (κ3) is 4.20. The first kappa shape index (κ1) is 19.5. The van der Waals surface area contributed by atoms with Gasteiger partial charge < -0.3 is 14.2 Å². The number of rotatable bonds is 5. The van der Waals surface area contributed by atoms with Crippen molar-refractivity contribution in [2.75, 3.05) is 5.32 Å². The SMILES string of the molecule is O=C(/C=C/c1ccc(-c2ccccc2)o1)Nc1ccc2oc(-c3cccc(F)c3)nc2c1. The van der Waals surface area contributed by atoms with Crippen LogP contribution in [0.1, 0.15) is 5.76 Å². The van der Waals surface area contributed by atoms with E-state index in [4.69, 9.17) is 8.83 Å². The largest absolute Gasteiger partial charge is 0.457 e. The first-order valence-corrected chi connectivity index (χ1v) is 9.95. The van der Waals surface area contributed by atoms with Crippen molar-refractivity contribution >= 4 is 28.8 Å². The number of amides is 1. The second kappa shape index (κ2) is 8.35. The molecule has 0 fully saturated rings. The molecule has 3 aromatic carbocycles. The van der Waals surface area contributed by atoms with Gasteiger partial charge in [-0.2, -0.15) is 0 Å². The van der Waals surface area contributed by atoms with Gasteiger partial charge in [-0.1, -0.05) is 36.4 Å². The maximum absolute atomic E-state index is 13.5. The molecule has 5 aromatic rings. The summed E-state index contributed by atoms with van der Waals surface area (Å²) in [5, 5.41) is 2.79. The van der Waals surface area contributed by atoms with Gasteiger partial charge in [-0.25, -0.2) is 9.37 Å². The molecule has 0 unspecified atom stereocenters. The second-order valence-electron chi connectivity index (χ2n) is 7.10. The Morgan fingerprint density at radius 3 is 2.56 bits per heavy atom. The van der Waals surface area contributed by atoms with Gasteiger partial charge in [0.25, 0.3) is 0 Å². The molecular weight excluding hydrogens is 407 g/mol. The van der Waals surface area contributed by atoms with Crippen LogP contribution in [0.15, 0.2) is 99.8 Å². The van der Waals surface area contributed by atoms with E-state index < -0.39 is 0 Å². The molecule has 0 saturated carbocycles. The van der Waals surface area contributed by atoms with E-state index in [0.29, 0.717) is 34.0 Å². The Kier molecular flexibility index (Phi) is 5.09. The van der Waals surface area contributed by atoms with Crippen molar-refractivity contribution in [3.63, 3.8) is 0 Å². The molecule has 0 spiro atoms. The number of hydrogen-bond acceptors (Lipinski definition) is 4. The van der Waals surface area contributed by atoms with Crippen molar-refractivity contribution in [2.24, 2.45) is 0 Å². The molecule has 0 bridgehead atoms. The lowest BCUT2D eigenvalue weighted by atomic mass is 10.2. The van der Waals surface area contributed by atoms with Crippen LogP contribution in [0.3, 0.4) is 0 Å². The summed E-state index contributed by atoms with van der Waals surface area (Å²) in [6.45, 7) is 0. The van der Waals surface area contributed by atoms with E-state index in [0.717, 1.165) is 11.3 Å². The zero-order valence-corrected chi connectivity index (χ0v) is 16.8. The lowest BCUT2D eigenvalue weighted by Crippen LogP contribution is -2.07. The summed E-state index contributed by atoms with van der Waals surface area (Å²) >= 11 is 0. The van der Waals surface area contributed by atoms with Gasteiger partial charge in [0, 0.05) is 22.9 Å². The fourth-order valence-electron chi connectivity index (χ4n) is 3.29. The number of anilines is 1. The molecule has 0 aliphatic rings. The smallest absolute Gasteiger partial charge is 0.248 e. The first-order valence-electron chi connectivity index (χ1n) is 9.95. The number of carbonyl (C=O) groups excluding carboxylic acids is 1. The molecule has 6 heteroatoms. The van der Waals surface area contributed by atoms with E-state index in [1.54, 1.807) is 36.4 Å². The predicted molar refractivity (Wildman–Crippen MR) is 121 cm³/mol. The molecule has 2 aromatic heterocycles. The van der Waals surface area contributed by atoms with Crippen LogP contribution in [-0.4, -0.2) is 10.9 Å². The molecular formula is C26H17FN2O3. The fraction of sp³-hybridized carbons (Fsp3) is 0. The van der Waals surface area contributed by atoms with Gasteiger partial charge in [0.15, 0.2) is 5.58 Å². The van der Waals surface area contributed by atoms with Crippen LogP contribution >= 0.6 is 0 Å². The van der Waals surface area contributed by atoms with Crippen molar-refractivity contribution < 1.29 is 18.0 Å². The Morgan fingerprint density at radius 1 is 0.875 bits per heavy atom. The Hall–Kier alpha value is -4.45. The van der Waals surface area contributed by atoms with Gasteiger partial charge in [0.2, 0.25) is 11.8 Å². The summed E-state index contributed by atoms with van der Waals surface area (Å²) in [7, 11) is 0. The van der Waals surface area contributed by atoms with Crippen LogP contribution in [0.4, 0.5) is 10.1 Å². The van der Waals surface area contributed by atoms with Crippen LogP contribution in [0.2, 0.25) is 0 Å². The molecule has 5 rings (SSSR count). The Morgan fingerprint density at radius 2 is 1.72 bits per heavy atom. The topological polar surface area (TPSA) is 68.3 Å². The molecule has 0 aliphatic carbocycles. The highest BCUT2D eigenvalue weighted by molar-refractivity contribution is 6.02. The van der Waals surface area contributed by atoms with E-state index in [1.165, 1.54) is 18.2 Å². The number of benzene rings is 3. The highest BCUT2D eigenvalue weighted by Crippen LogP contribution is 2.27. The number of fused-ring (bicyclic) bond motifs is 1. The number of hydrogen-bond donors (Lipinski definition) is 1. The molecule has 0 aliphatic heterocycles. The Bertz CT molecular complexity index is 1430. The average molecular weight is 424 g/mol. The minimum absolute atomic E-state index is 0.309. The van der Waals surface area contributed by atoms with E-state index in [2.05, 4.69) is 10.3 Å². The van der Waals surface area contributed by atoms with Gasteiger partial charge in [0.1, 0.15) is 22.9 Å². The first-order chi connectivity index (χ1) is 15.6. The minimum Gasteiger partial charge on any atom is -0.457 e.